The molecule has 0 aliphatic heterocycles. The van der Waals surface area contributed by atoms with Crippen molar-refractivity contribution in [3.8, 4) is 5.82 Å². The van der Waals surface area contributed by atoms with Crippen LogP contribution in [0, 0.1) is 6.92 Å². The Balaban J connectivity index is 1.78. The molecule has 0 saturated carbocycles. The number of methoxy groups -OCH3 is 1. The van der Waals surface area contributed by atoms with Crippen molar-refractivity contribution in [2.45, 2.75) is 6.92 Å². The number of aromatic nitrogens is 3. The van der Waals surface area contributed by atoms with E-state index < -0.39 is 5.97 Å². The summed E-state index contributed by atoms with van der Waals surface area (Å²) in [7, 11) is 1.32. The normalized spacial score (nSPS) is 10.3. The number of carbonyl (C=O) groups excluding carboxylic acids is 2. The Hall–Kier alpha value is -3.48. The van der Waals surface area contributed by atoms with E-state index in [2.05, 4.69) is 20.1 Å². The zero-order chi connectivity index (χ0) is 17.8. The van der Waals surface area contributed by atoms with E-state index in [1.807, 2.05) is 18.2 Å². The minimum atomic E-state index is -0.426. The highest BCUT2D eigenvalue weighted by Crippen LogP contribution is 2.16. The molecule has 126 valence electrons. The molecule has 3 rings (SSSR count). The summed E-state index contributed by atoms with van der Waals surface area (Å²) in [6.45, 7) is 1.80. The lowest BCUT2D eigenvalue weighted by Gasteiger charge is -2.07. The van der Waals surface area contributed by atoms with E-state index in [9.17, 15) is 9.59 Å². The summed E-state index contributed by atoms with van der Waals surface area (Å²) in [5.74, 6) is -0.0719. The SMILES string of the molecule is COC(=O)c1ccc(NC(=O)c2cnn(-c3ccccn3)c2C)cc1. The summed E-state index contributed by atoms with van der Waals surface area (Å²) in [6, 6.07) is 11.9. The first-order chi connectivity index (χ1) is 12.1. The van der Waals surface area contributed by atoms with Crippen LogP contribution < -0.4 is 5.32 Å². The smallest absolute Gasteiger partial charge is 0.337 e. The van der Waals surface area contributed by atoms with Gasteiger partial charge in [-0.3, -0.25) is 4.79 Å². The largest absolute Gasteiger partial charge is 0.465 e. The monoisotopic (exact) mass is 336 g/mol. The van der Waals surface area contributed by atoms with Gasteiger partial charge in [0.05, 0.1) is 30.1 Å². The van der Waals surface area contributed by atoms with E-state index in [-0.39, 0.29) is 5.91 Å². The minimum Gasteiger partial charge on any atom is -0.465 e. The average Bonchev–Trinajstić information content (AvgIpc) is 3.04. The maximum absolute atomic E-state index is 12.5. The van der Waals surface area contributed by atoms with Gasteiger partial charge in [-0.25, -0.2) is 14.5 Å². The van der Waals surface area contributed by atoms with E-state index in [0.29, 0.717) is 28.3 Å². The Kier molecular flexibility index (Phi) is 4.56. The number of rotatable bonds is 4. The first-order valence-corrected chi connectivity index (χ1v) is 7.56. The molecule has 7 nitrogen and oxygen atoms in total. The molecule has 0 spiro atoms. The Bertz CT molecular complexity index is 902. The van der Waals surface area contributed by atoms with Gasteiger partial charge in [-0.1, -0.05) is 6.07 Å². The van der Waals surface area contributed by atoms with Gasteiger partial charge < -0.3 is 10.1 Å². The summed E-state index contributed by atoms with van der Waals surface area (Å²) in [5.41, 5.74) is 2.12. The number of anilines is 1. The summed E-state index contributed by atoms with van der Waals surface area (Å²) >= 11 is 0. The van der Waals surface area contributed by atoms with Gasteiger partial charge in [-0.05, 0) is 43.3 Å². The third-order valence-electron chi connectivity index (χ3n) is 3.68. The Morgan fingerprint density at radius 3 is 2.52 bits per heavy atom. The van der Waals surface area contributed by atoms with Crippen LogP contribution in [0.1, 0.15) is 26.4 Å². The second-order valence-electron chi connectivity index (χ2n) is 5.27. The lowest BCUT2D eigenvalue weighted by molar-refractivity contribution is 0.0600. The zero-order valence-corrected chi connectivity index (χ0v) is 13.8. The van der Waals surface area contributed by atoms with Gasteiger partial charge in [0.25, 0.3) is 5.91 Å². The van der Waals surface area contributed by atoms with Gasteiger partial charge in [-0.2, -0.15) is 5.10 Å². The third kappa shape index (κ3) is 3.40. The number of hydrogen-bond acceptors (Lipinski definition) is 5. The molecule has 0 atom stereocenters. The molecule has 1 amide bonds. The molecule has 3 aromatic rings. The van der Waals surface area contributed by atoms with E-state index in [1.54, 1.807) is 42.1 Å². The molecule has 0 bridgehead atoms. The summed E-state index contributed by atoms with van der Waals surface area (Å²) < 4.78 is 6.25. The quantitative estimate of drug-likeness (QED) is 0.740. The molecule has 1 aromatic carbocycles. The molecular weight excluding hydrogens is 320 g/mol. The van der Waals surface area contributed by atoms with Crippen molar-refractivity contribution >= 4 is 17.6 Å². The Labute approximate surface area is 144 Å². The van der Waals surface area contributed by atoms with Crippen molar-refractivity contribution in [1.82, 2.24) is 14.8 Å². The third-order valence-corrected chi connectivity index (χ3v) is 3.68. The molecular formula is C18H16N4O3. The lowest BCUT2D eigenvalue weighted by atomic mass is 10.2. The molecule has 0 fully saturated rings. The van der Waals surface area contributed by atoms with Crippen molar-refractivity contribution in [3.05, 3.63) is 71.7 Å². The Morgan fingerprint density at radius 2 is 1.88 bits per heavy atom. The molecule has 0 unspecified atom stereocenters. The van der Waals surface area contributed by atoms with E-state index in [1.165, 1.54) is 13.3 Å². The fourth-order valence-corrected chi connectivity index (χ4v) is 2.35. The number of esters is 1. The fraction of sp³-hybridized carbons (Fsp3) is 0.111. The number of amides is 1. The van der Waals surface area contributed by atoms with Crippen LogP contribution in [-0.4, -0.2) is 33.8 Å². The van der Waals surface area contributed by atoms with Crippen LogP contribution in [0.15, 0.2) is 54.9 Å². The number of nitrogens with zero attached hydrogens (tertiary/aromatic N) is 3. The van der Waals surface area contributed by atoms with Crippen molar-refractivity contribution in [2.75, 3.05) is 12.4 Å². The highest BCUT2D eigenvalue weighted by Gasteiger charge is 2.16. The van der Waals surface area contributed by atoms with Crippen molar-refractivity contribution in [1.29, 1.82) is 0 Å². The molecule has 0 saturated heterocycles. The molecule has 0 aliphatic rings. The average molecular weight is 336 g/mol. The molecule has 2 aromatic heterocycles. The minimum absolute atomic E-state index is 0.287. The predicted octanol–water partition coefficient (Wildman–Crippen LogP) is 2.61. The Morgan fingerprint density at radius 1 is 1.12 bits per heavy atom. The standard InChI is InChI=1S/C18H16N4O3/c1-12-15(11-20-22(12)16-5-3-4-10-19-16)17(23)21-14-8-6-13(7-9-14)18(24)25-2/h3-11H,1-2H3,(H,21,23). The van der Waals surface area contributed by atoms with Crippen LogP contribution in [0.2, 0.25) is 0 Å². The topological polar surface area (TPSA) is 86.1 Å². The summed E-state index contributed by atoms with van der Waals surface area (Å²) in [5, 5.41) is 7.01. The van der Waals surface area contributed by atoms with Crippen LogP contribution in [0.25, 0.3) is 5.82 Å². The van der Waals surface area contributed by atoms with Crippen molar-refractivity contribution in [2.24, 2.45) is 0 Å². The van der Waals surface area contributed by atoms with Crippen LogP contribution in [0.3, 0.4) is 0 Å². The number of benzene rings is 1. The second-order valence-corrected chi connectivity index (χ2v) is 5.27. The number of ether oxygens (including phenoxy) is 1. The van der Waals surface area contributed by atoms with Crippen LogP contribution in [-0.2, 0) is 4.74 Å². The van der Waals surface area contributed by atoms with E-state index in [4.69, 9.17) is 0 Å². The van der Waals surface area contributed by atoms with Crippen molar-refractivity contribution < 1.29 is 14.3 Å². The van der Waals surface area contributed by atoms with Crippen LogP contribution >= 0.6 is 0 Å². The van der Waals surface area contributed by atoms with Gasteiger partial charge in [0.1, 0.15) is 0 Å². The molecule has 7 heteroatoms. The molecule has 0 radical (unpaired) electrons. The maximum atomic E-state index is 12.5. The lowest BCUT2D eigenvalue weighted by Crippen LogP contribution is -2.13. The number of nitrogens with one attached hydrogen (secondary N) is 1. The van der Waals surface area contributed by atoms with E-state index in [0.717, 1.165) is 0 Å². The number of carbonyl (C=O) groups is 2. The van der Waals surface area contributed by atoms with Crippen molar-refractivity contribution in [3.63, 3.8) is 0 Å². The number of pyridine rings is 1. The highest BCUT2D eigenvalue weighted by molar-refractivity contribution is 6.05. The number of hydrogen-bond donors (Lipinski definition) is 1. The highest BCUT2D eigenvalue weighted by atomic mass is 16.5. The zero-order valence-electron chi connectivity index (χ0n) is 13.8. The van der Waals surface area contributed by atoms with Crippen LogP contribution in [0.4, 0.5) is 5.69 Å². The first kappa shape index (κ1) is 16.4. The summed E-state index contributed by atoms with van der Waals surface area (Å²) in [4.78, 5) is 28.1. The van der Waals surface area contributed by atoms with Gasteiger partial charge in [0.15, 0.2) is 5.82 Å². The maximum Gasteiger partial charge on any atom is 0.337 e. The van der Waals surface area contributed by atoms with E-state index >= 15 is 0 Å². The fourth-order valence-electron chi connectivity index (χ4n) is 2.35. The summed E-state index contributed by atoms with van der Waals surface area (Å²) in [6.07, 6.45) is 3.17. The second kappa shape index (κ2) is 6.96. The van der Waals surface area contributed by atoms with Gasteiger partial charge in [0, 0.05) is 11.9 Å². The first-order valence-electron chi connectivity index (χ1n) is 7.56. The predicted molar refractivity (Wildman–Crippen MR) is 91.8 cm³/mol. The van der Waals surface area contributed by atoms with Gasteiger partial charge >= 0.3 is 5.97 Å². The molecule has 2 heterocycles. The van der Waals surface area contributed by atoms with Gasteiger partial charge in [0.2, 0.25) is 0 Å². The van der Waals surface area contributed by atoms with Gasteiger partial charge in [-0.15, -0.1) is 0 Å². The molecule has 1 N–H and O–H groups in total. The molecule has 25 heavy (non-hydrogen) atoms. The van der Waals surface area contributed by atoms with Crippen LogP contribution in [0.5, 0.6) is 0 Å². The molecule has 0 aliphatic carbocycles.